The van der Waals surface area contributed by atoms with Crippen LogP contribution in [0.2, 0.25) is 0 Å². The van der Waals surface area contributed by atoms with Crippen LogP contribution in [0.15, 0.2) is 24.3 Å². The maximum atomic E-state index is 12.0. The Hall–Kier alpha value is -3.23. The summed E-state index contributed by atoms with van der Waals surface area (Å²) in [7, 11) is 0. The highest BCUT2D eigenvalue weighted by atomic mass is 16.6. The van der Waals surface area contributed by atoms with Gasteiger partial charge in [0.1, 0.15) is 17.9 Å². The molecule has 1 heterocycles. The van der Waals surface area contributed by atoms with Crippen LogP contribution in [-0.2, 0) is 20.9 Å². The summed E-state index contributed by atoms with van der Waals surface area (Å²) in [6.45, 7) is 6.47. The molecule has 1 atom stereocenters. The van der Waals surface area contributed by atoms with E-state index >= 15 is 0 Å². The molecule has 9 heteroatoms. The maximum Gasteiger partial charge on any atom is 0.328 e. The van der Waals surface area contributed by atoms with Gasteiger partial charge in [-0.05, 0) is 43.9 Å². The number of aryl methyl sites for hydroxylation is 1. The molecule has 0 saturated heterocycles. The van der Waals surface area contributed by atoms with E-state index in [4.69, 9.17) is 4.74 Å². The van der Waals surface area contributed by atoms with Crippen LogP contribution in [0.5, 0.6) is 0 Å². The first-order valence-corrected chi connectivity index (χ1v) is 8.96. The van der Waals surface area contributed by atoms with E-state index in [1.807, 2.05) is 12.1 Å². The second-order valence-electron chi connectivity index (χ2n) is 6.57. The highest BCUT2D eigenvalue weighted by Crippen LogP contribution is 2.22. The molecule has 150 valence electrons. The van der Waals surface area contributed by atoms with Crippen LogP contribution in [0.3, 0.4) is 0 Å². The number of rotatable bonds is 8. The van der Waals surface area contributed by atoms with Crippen molar-refractivity contribution in [1.29, 1.82) is 0 Å². The molecule has 0 aliphatic rings. The first kappa shape index (κ1) is 21.1. The van der Waals surface area contributed by atoms with Crippen molar-refractivity contribution in [3.05, 3.63) is 51.3 Å². The summed E-state index contributed by atoms with van der Waals surface area (Å²) in [4.78, 5) is 34.3. The summed E-state index contributed by atoms with van der Waals surface area (Å²) in [6, 6.07) is 7.50. The highest BCUT2D eigenvalue weighted by Gasteiger charge is 2.23. The van der Waals surface area contributed by atoms with Gasteiger partial charge in [0.25, 0.3) is 5.91 Å². The van der Waals surface area contributed by atoms with Crippen molar-refractivity contribution in [1.82, 2.24) is 9.78 Å². The highest BCUT2D eigenvalue weighted by molar-refractivity contribution is 5.92. The molecule has 9 nitrogen and oxygen atoms in total. The Morgan fingerprint density at radius 1 is 1.29 bits per heavy atom. The lowest BCUT2D eigenvalue weighted by Crippen LogP contribution is -2.23. The molecule has 2 aromatic rings. The van der Waals surface area contributed by atoms with Crippen LogP contribution in [0.1, 0.15) is 43.1 Å². The zero-order valence-electron chi connectivity index (χ0n) is 16.4. The number of nitrogens with one attached hydrogen (secondary N) is 1. The van der Waals surface area contributed by atoms with Crippen molar-refractivity contribution in [2.75, 3.05) is 11.9 Å². The predicted molar refractivity (Wildman–Crippen MR) is 103 cm³/mol. The maximum absolute atomic E-state index is 12.0. The number of aromatic nitrogens is 2. The van der Waals surface area contributed by atoms with Gasteiger partial charge in [-0.15, -0.1) is 0 Å². The van der Waals surface area contributed by atoms with Gasteiger partial charge >= 0.3 is 11.7 Å². The zero-order valence-corrected chi connectivity index (χ0v) is 16.4. The number of nitro groups is 1. The number of esters is 1. The first-order chi connectivity index (χ1) is 13.2. The van der Waals surface area contributed by atoms with E-state index in [9.17, 15) is 19.7 Å². The molecule has 0 unspecified atom stereocenters. The number of anilines is 1. The summed E-state index contributed by atoms with van der Waals surface area (Å²) in [5.41, 5.74) is 2.14. The summed E-state index contributed by atoms with van der Waals surface area (Å²) in [6.07, 6.45) is 1.03. The average Bonchev–Trinajstić information content (AvgIpc) is 2.93. The fourth-order valence-electron chi connectivity index (χ4n) is 2.75. The molecule has 1 aromatic heterocycles. The summed E-state index contributed by atoms with van der Waals surface area (Å²) in [5, 5.41) is 17.6. The molecule has 0 spiro atoms. The Balaban J connectivity index is 1.87. The molecule has 1 aromatic carbocycles. The van der Waals surface area contributed by atoms with Crippen molar-refractivity contribution < 1.29 is 19.2 Å². The molecule has 0 radical (unpaired) electrons. The van der Waals surface area contributed by atoms with E-state index in [1.165, 1.54) is 24.1 Å². The third-order valence-corrected chi connectivity index (χ3v) is 4.54. The predicted octanol–water partition coefficient (Wildman–Crippen LogP) is 3.10. The number of benzene rings is 1. The Morgan fingerprint density at radius 3 is 2.46 bits per heavy atom. The Kier molecular flexibility index (Phi) is 6.86. The topological polar surface area (TPSA) is 116 Å². The van der Waals surface area contributed by atoms with Crippen LogP contribution in [-0.4, -0.2) is 33.2 Å². The van der Waals surface area contributed by atoms with Gasteiger partial charge in [-0.2, -0.15) is 5.10 Å². The number of carbonyl (C=O) groups excluding carboxylic acids is 2. The van der Waals surface area contributed by atoms with Gasteiger partial charge in [0, 0.05) is 5.69 Å². The summed E-state index contributed by atoms with van der Waals surface area (Å²) in [5.74, 6) is -0.734. The summed E-state index contributed by atoms with van der Waals surface area (Å²) < 4.78 is 6.14. The Bertz CT molecular complexity index is 873. The van der Waals surface area contributed by atoms with E-state index in [-0.39, 0.29) is 23.6 Å². The molecule has 0 fully saturated rings. The van der Waals surface area contributed by atoms with Gasteiger partial charge in [0.05, 0.1) is 4.92 Å². The normalized spacial score (nSPS) is 11.7. The van der Waals surface area contributed by atoms with Crippen molar-refractivity contribution >= 4 is 23.3 Å². The van der Waals surface area contributed by atoms with Gasteiger partial charge in [0.15, 0.2) is 6.61 Å². The third-order valence-electron chi connectivity index (χ3n) is 4.54. The van der Waals surface area contributed by atoms with Gasteiger partial charge in [-0.1, -0.05) is 26.0 Å². The van der Waals surface area contributed by atoms with Crippen molar-refractivity contribution in [2.24, 2.45) is 0 Å². The van der Waals surface area contributed by atoms with Crippen LogP contribution in [0, 0.1) is 24.0 Å². The number of nitrogens with zero attached hydrogens (tertiary/aromatic N) is 3. The molecule has 0 aliphatic heterocycles. The zero-order chi connectivity index (χ0) is 20.8. The van der Waals surface area contributed by atoms with E-state index in [0.29, 0.717) is 11.6 Å². The van der Waals surface area contributed by atoms with Crippen LogP contribution in [0.4, 0.5) is 11.4 Å². The van der Waals surface area contributed by atoms with Crippen molar-refractivity contribution in [3.63, 3.8) is 0 Å². The standard InChI is InChI=1S/C19H24N4O5/c1-5-12(2)15-6-8-16(9-7-15)20-17(24)11-28-18(25)10-22-14(4)19(23(26)27)13(3)21-22/h6-9,12H,5,10-11H2,1-4H3,(H,20,24)/t12-/m1/s1. The SMILES string of the molecule is CC[C@@H](C)c1ccc(NC(=O)COC(=O)Cn2nc(C)c([N+](=O)[O-])c2C)cc1. The third kappa shape index (κ3) is 5.15. The molecule has 1 amide bonds. The van der Waals surface area contributed by atoms with E-state index in [1.54, 1.807) is 12.1 Å². The number of amides is 1. The average molecular weight is 388 g/mol. The molecule has 28 heavy (non-hydrogen) atoms. The molecule has 1 N–H and O–H groups in total. The molecule has 2 rings (SSSR count). The Labute approximate surface area is 162 Å². The van der Waals surface area contributed by atoms with E-state index < -0.39 is 23.4 Å². The minimum Gasteiger partial charge on any atom is -0.454 e. The van der Waals surface area contributed by atoms with Gasteiger partial charge < -0.3 is 10.1 Å². The summed E-state index contributed by atoms with van der Waals surface area (Å²) >= 11 is 0. The fraction of sp³-hybridized carbons (Fsp3) is 0.421. The van der Waals surface area contributed by atoms with Crippen LogP contribution in [0.25, 0.3) is 0 Å². The van der Waals surface area contributed by atoms with Crippen LogP contribution < -0.4 is 5.32 Å². The molecule has 0 aliphatic carbocycles. The number of carbonyl (C=O) groups is 2. The second kappa shape index (κ2) is 9.12. The minimum absolute atomic E-state index is 0.133. The van der Waals surface area contributed by atoms with E-state index in [2.05, 4.69) is 24.3 Å². The van der Waals surface area contributed by atoms with Crippen LogP contribution >= 0.6 is 0 Å². The van der Waals surface area contributed by atoms with Crippen molar-refractivity contribution in [3.8, 4) is 0 Å². The molecule has 0 saturated carbocycles. The largest absolute Gasteiger partial charge is 0.454 e. The quantitative estimate of drug-likeness (QED) is 0.422. The van der Waals surface area contributed by atoms with Crippen molar-refractivity contribution in [2.45, 2.75) is 46.6 Å². The van der Waals surface area contributed by atoms with Gasteiger partial charge in [-0.25, -0.2) is 0 Å². The number of hydrogen-bond donors (Lipinski definition) is 1. The minimum atomic E-state index is -0.706. The lowest BCUT2D eigenvalue weighted by molar-refractivity contribution is -0.386. The monoisotopic (exact) mass is 388 g/mol. The smallest absolute Gasteiger partial charge is 0.328 e. The molecule has 0 bridgehead atoms. The number of hydrogen-bond acceptors (Lipinski definition) is 6. The van der Waals surface area contributed by atoms with Gasteiger partial charge in [-0.3, -0.25) is 24.4 Å². The first-order valence-electron chi connectivity index (χ1n) is 8.96. The lowest BCUT2D eigenvalue weighted by Gasteiger charge is -2.11. The van der Waals surface area contributed by atoms with Gasteiger partial charge in [0.2, 0.25) is 0 Å². The van der Waals surface area contributed by atoms with E-state index in [0.717, 1.165) is 6.42 Å². The fourth-order valence-corrected chi connectivity index (χ4v) is 2.75. The lowest BCUT2D eigenvalue weighted by atomic mass is 9.99. The number of ether oxygens (including phenoxy) is 1. The Morgan fingerprint density at radius 2 is 1.93 bits per heavy atom. The second-order valence-corrected chi connectivity index (χ2v) is 6.57. The molecular weight excluding hydrogens is 364 g/mol. The molecular formula is C19H24N4O5.